The van der Waals surface area contributed by atoms with Crippen LogP contribution in [0.1, 0.15) is 17.2 Å². The van der Waals surface area contributed by atoms with Crippen LogP contribution in [0.5, 0.6) is 5.75 Å². The molecule has 2 aromatic carbocycles. The fourth-order valence-corrected chi connectivity index (χ4v) is 1.85. The number of hydrogen-bond acceptors (Lipinski definition) is 2. The number of nitrogens with two attached hydrogens (primary N) is 1. The molecule has 0 aliphatic rings. The molecule has 0 radical (unpaired) electrons. The smallest absolute Gasteiger partial charge is 0.416 e. The van der Waals surface area contributed by atoms with Gasteiger partial charge in [0.25, 0.3) is 0 Å². The Bertz CT molecular complexity index is 595. The first-order valence-corrected chi connectivity index (χ1v) is 6.19. The zero-order valence-electron chi connectivity index (χ0n) is 10.9. The van der Waals surface area contributed by atoms with E-state index in [-0.39, 0.29) is 12.3 Å². The van der Waals surface area contributed by atoms with E-state index in [1.165, 1.54) is 30.3 Å². The van der Waals surface area contributed by atoms with Gasteiger partial charge in [0.15, 0.2) is 0 Å². The Morgan fingerprint density at radius 3 is 2.24 bits per heavy atom. The van der Waals surface area contributed by atoms with Crippen molar-refractivity contribution in [3.63, 3.8) is 0 Å². The van der Waals surface area contributed by atoms with Crippen LogP contribution >= 0.6 is 0 Å². The maximum Gasteiger partial charge on any atom is 0.416 e. The van der Waals surface area contributed by atoms with E-state index >= 15 is 0 Å². The Kier molecular flexibility index (Phi) is 4.47. The lowest BCUT2D eigenvalue weighted by molar-refractivity contribution is -0.137. The maximum atomic E-state index is 13.2. The summed E-state index contributed by atoms with van der Waals surface area (Å²) in [6.45, 7) is 0.0739. The third kappa shape index (κ3) is 3.95. The van der Waals surface area contributed by atoms with Gasteiger partial charge < -0.3 is 10.5 Å². The van der Waals surface area contributed by atoms with E-state index in [0.29, 0.717) is 5.56 Å². The molecule has 0 spiro atoms. The van der Waals surface area contributed by atoms with Crippen molar-refractivity contribution in [3.05, 3.63) is 65.5 Å². The average Bonchev–Trinajstić information content (AvgIpc) is 2.44. The molecule has 0 heterocycles. The molecule has 2 nitrogen and oxygen atoms in total. The van der Waals surface area contributed by atoms with E-state index < -0.39 is 23.7 Å². The Hall–Kier alpha value is -2.08. The second kappa shape index (κ2) is 6.13. The lowest BCUT2D eigenvalue weighted by atomic mass is 10.1. The lowest BCUT2D eigenvalue weighted by Gasteiger charge is -2.18. The molecule has 1 unspecified atom stereocenters. The standard InChI is InChI=1S/C15H13F4NO/c16-12-3-1-2-10(8-12)14(9-20)21-13-6-4-11(5-7-13)15(17,18)19/h1-8,14H,9,20H2. The summed E-state index contributed by atoms with van der Waals surface area (Å²) in [6, 6.07) is 10.0. The van der Waals surface area contributed by atoms with Gasteiger partial charge in [-0.15, -0.1) is 0 Å². The first kappa shape index (κ1) is 15.3. The highest BCUT2D eigenvalue weighted by atomic mass is 19.4. The van der Waals surface area contributed by atoms with Crippen molar-refractivity contribution in [2.45, 2.75) is 12.3 Å². The van der Waals surface area contributed by atoms with Crippen LogP contribution in [0.2, 0.25) is 0 Å². The van der Waals surface area contributed by atoms with Crippen LogP contribution in [-0.4, -0.2) is 6.54 Å². The van der Waals surface area contributed by atoms with Gasteiger partial charge in [0.2, 0.25) is 0 Å². The summed E-state index contributed by atoms with van der Waals surface area (Å²) in [7, 11) is 0. The molecular weight excluding hydrogens is 286 g/mol. The molecule has 0 aromatic heterocycles. The molecule has 0 aliphatic carbocycles. The van der Waals surface area contributed by atoms with Gasteiger partial charge in [-0.3, -0.25) is 0 Å². The summed E-state index contributed by atoms with van der Waals surface area (Å²) in [4.78, 5) is 0. The SMILES string of the molecule is NCC(Oc1ccc(C(F)(F)F)cc1)c1cccc(F)c1. The normalized spacial score (nSPS) is 13.0. The monoisotopic (exact) mass is 299 g/mol. The van der Waals surface area contributed by atoms with Crippen LogP contribution in [0.3, 0.4) is 0 Å². The average molecular weight is 299 g/mol. The number of alkyl halides is 3. The number of ether oxygens (including phenoxy) is 1. The minimum atomic E-state index is -4.39. The molecule has 0 amide bonds. The summed E-state index contributed by atoms with van der Waals surface area (Å²) in [5, 5.41) is 0. The predicted octanol–water partition coefficient (Wildman–Crippen LogP) is 3.92. The molecule has 0 fully saturated rings. The topological polar surface area (TPSA) is 35.2 Å². The Morgan fingerprint density at radius 2 is 1.71 bits per heavy atom. The second-order valence-electron chi connectivity index (χ2n) is 4.42. The van der Waals surface area contributed by atoms with Crippen LogP contribution < -0.4 is 10.5 Å². The zero-order valence-corrected chi connectivity index (χ0v) is 10.9. The second-order valence-corrected chi connectivity index (χ2v) is 4.42. The van der Waals surface area contributed by atoms with Crippen molar-refractivity contribution in [1.82, 2.24) is 0 Å². The minimum absolute atomic E-state index is 0.0739. The largest absolute Gasteiger partial charge is 0.484 e. The summed E-state index contributed by atoms with van der Waals surface area (Å²) in [5.41, 5.74) is 5.34. The summed E-state index contributed by atoms with van der Waals surface area (Å²) in [6.07, 6.45) is -5.02. The van der Waals surface area contributed by atoms with Crippen LogP contribution in [0.4, 0.5) is 17.6 Å². The third-order valence-electron chi connectivity index (χ3n) is 2.89. The minimum Gasteiger partial charge on any atom is -0.484 e. The van der Waals surface area contributed by atoms with Crippen molar-refractivity contribution in [2.24, 2.45) is 5.73 Å². The summed E-state index contributed by atoms with van der Waals surface area (Å²) in [5.74, 6) is -0.190. The van der Waals surface area contributed by atoms with E-state index in [1.807, 2.05) is 0 Å². The fraction of sp³-hybridized carbons (Fsp3) is 0.200. The van der Waals surface area contributed by atoms with Gasteiger partial charge in [0.05, 0.1) is 5.56 Å². The van der Waals surface area contributed by atoms with Gasteiger partial charge in [-0.2, -0.15) is 13.2 Å². The summed E-state index contributed by atoms with van der Waals surface area (Å²) >= 11 is 0. The van der Waals surface area contributed by atoms with E-state index in [2.05, 4.69) is 0 Å². The molecule has 112 valence electrons. The van der Waals surface area contributed by atoms with Crippen molar-refractivity contribution >= 4 is 0 Å². The van der Waals surface area contributed by atoms with Gasteiger partial charge in [0, 0.05) is 6.54 Å². The van der Waals surface area contributed by atoms with Crippen LogP contribution in [0.15, 0.2) is 48.5 Å². The molecule has 2 rings (SSSR count). The lowest BCUT2D eigenvalue weighted by Crippen LogP contribution is -2.18. The first-order valence-electron chi connectivity index (χ1n) is 6.19. The van der Waals surface area contributed by atoms with Crippen LogP contribution in [0.25, 0.3) is 0 Å². The summed E-state index contributed by atoms with van der Waals surface area (Å²) < 4.78 is 56.0. The Labute approximate surface area is 119 Å². The molecule has 6 heteroatoms. The predicted molar refractivity (Wildman–Crippen MR) is 70.3 cm³/mol. The van der Waals surface area contributed by atoms with E-state index in [1.54, 1.807) is 6.07 Å². The highest BCUT2D eigenvalue weighted by molar-refractivity contribution is 5.30. The van der Waals surface area contributed by atoms with Gasteiger partial charge in [-0.25, -0.2) is 4.39 Å². The quantitative estimate of drug-likeness (QED) is 0.868. The molecule has 2 aromatic rings. The number of rotatable bonds is 4. The molecular formula is C15H13F4NO. The van der Waals surface area contributed by atoms with Crippen LogP contribution in [-0.2, 0) is 6.18 Å². The van der Waals surface area contributed by atoms with Gasteiger partial charge in [0.1, 0.15) is 17.7 Å². The highest BCUT2D eigenvalue weighted by Crippen LogP contribution is 2.31. The molecule has 0 aliphatic heterocycles. The highest BCUT2D eigenvalue weighted by Gasteiger charge is 2.30. The molecule has 0 bridgehead atoms. The van der Waals surface area contributed by atoms with Crippen molar-refractivity contribution in [2.75, 3.05) is 6.54 Å². The van der Waals surface area contributed by atoms with E-state index in [4.69, 9.17) is 10.5 Å². The number of halogens is 4. The third-order valence-corrected chi connectivity index (χ3v) is 2.89. The van der Waals surface area contributed by atoms with Gasteiger partial charge in [-0.05, 0) is 42.0 Å². The maximum absolute atomic E-state index is 13.2. The van der Waals surface area contributed by atoms with Gasteiger partial charge in [-0.1, -0.05) is 12.1 Å². The first-order chi connectivity index (χ1) is 9.90. The van der Waals surface area contributed by atoms with Gasteiger partial charge >= 0.3 is 6.18 Å². The molecule has 0 saturated heterocycles. The molecule has 2 N–H and O–H groups in total. The van der Waals surface area contributed by atoms with E-state index in [9.17, 15) is 17.6 Å². The number of hydrogen-bond donors (Lipinski definition) is 1. The van der Waals surface area contributed by atoms with Crippen LogP contribution in [0, 0.1) is 5.82 Å². The molecule has 0 saturated carbocycles. The Balaban J connectivity index is 2.15. The van der Waals surface area contributed by atoms with E-state index in [0.717, 1.165) is 12.1 Å². The molecule has 21 heavy (non-hydrogen) atoms. The van der Waals surface area contributed by atoms with Crippen molar-refractivity contribution in [1.29, 1.82) is 0 Å². The van der Waals surface area contributed by atoms with Crippen molar-refractivity contribution < 1.29 is 22.3 Å². The number of benzene rings is 2. The Morgan fingerprint density at radius 1 is 1.05 bits per heavy atom. The molecule has 1 atom stereocenters. The van der Waals surface area contributed by atoms with Crippen molar-refractivity contribution in [3.8, 4) is 5.75 Å². The zero-order chi connectivity index (χ0) is 15.5. The fourth-order valence-electron chi connectivity index (χ4n) is 1.85.